The first-order valence-electron chi connectivity index (χ1n) is 28.1. The van der Waals surface area contributed by atoms with Crippen LogP contribution in [0.3, 0.4) is 0 Å². The van der Waals surface area contributed by atoms with Crippen LogP contribution in [0.1, 0.15) is 211 Å². The van der Waals surface area contributed by atoms with Crippen molar-refractivity contribution in [2.24, 2.45) is 0 Å². The lowest BCUT2D eigenvalue weighted by atomic mass is 9.35. The van der Waals surface area contributed by atoms with Gasteiger partial charge in [-0.15, -0.1) is 11.3 Å². The summed E-state index contributed by atoms with van der Waals surface area (Å²) in [5.41, 5.74) is 26.8. The Hall–Kier alpha value is -5.06. The highest BCUT2D eigenvalue weighted by Gasteiger charge is 2.50. The fraction of sp³-hybridized carbons (Fsp3) is 0.449. The summed E-state index contributed by atoms with van der Waals surface area (Å²) in [6.45, 7) is 41.7. The highest BCUT2D eigenvalue weighted by Crippen LogP contribution is 2.57. The van der Waals surface area contributed by atoms with Crippen molar-refractivity contribution in [1.29, 1.82) is 0 Å². The van der Waals surface area contributed by atoms with Crippen molar-refractivity contribution in [3.05, 3.63) is 147 Å². The first-order chi connectivity index (χ1) is 34.2. The molecule has 0 bridgehead atoms. The number of hydrogen-bond donors (Lipinski definition) is 0. The van der Waals surface area contributed by atoms with E-state index in [0.29, 0.717) is 11.8 Å². The lowest BCUT2D eigenvalue weighted by Gasteiger charge is -2.48. The highest BCUT2D eigenvalue weighted by molar-refractivity contribution is 7.33. The first kappa shape index (κ1) is 48.9. The average molecular weight is 981 g/mol. The zero-order valence-electron chi connectivity index (χ0n) is 47.5. The second kappa shape index (κ2) is 16.0. The minimum absolute atomic E-state index is 0.0240. The molecule has 3 heterocycles. The number of thiophene rings is 1. The summed E-state index contributed by atoms with van der Waals surface area (Å²) in [5.74, 6) is 1.07. The minimum atomic E-state index is -0.128. The van der Waals surface area contributed by atoms with Gasteiger partial charge in [-0.25, -0.2) is 0 Å². The standard InChI is InChI=1S/C69H81BN2S/c1-40-23-24-41(2)47-36-60-49(34-46(40)47)62-63(73-60)70-54-37-51-53(69(16,17)30-28-67(51,12)13)39-57(54)71(55-26-25-44(31-42(55)3)64(4,5)6)58-32-45(65(7,8)9)33-59(61(58)70)72(62)56-38-52-50(66(10,11)27-29-68(52,14)15)35-48(56)43-21-19-18-20-22-43/h18-22,25-26,31-41H,23-24,27-30H2,1-17H3. The van der Waals surface area contributed by atoms with E-state index in [1.54, 1.807) is 11.1 Å². The molecule has 2 nitrogen and oxygen atoms in total. The molecular weight excluding hydrogens is 900 g/mol. The molecule has 12 rings (SSSR count). The number of anilines is 6. The Bertz CT molecular complexity index is 3440. The van der Waals surface area contributed by atoms with E-state index in [4.69, 9.17) is 0 Å². The van der Waals surface area contributed by atoms with Gasteiger partial charge in [0.05, 0.1) is 11.4 Å². The Kier molecular flexibility index (Phi) is 10.7. The molecule has 0 saturated heterocycles. The van der Waals surface area contributed by atoms with Gasteiger partial charge in [-0.2, -0.15) is 0 Å². The maximum Gasteiger partial charge on any atom is 0.264 e. The van der Waals surface area contributed by atoms with Crippen LogP contribution >= 0.6 is 11.3 Å². The van der Waals surface area contributed by atoms with Crippen LogP contribution < -0.4 is 25.5 Å². The van der Waals surface area contributed by atoms with Gasteiger partial charge >= 0.3 is 0 Å². The average Bonchev–Trinajstić information content (AvgIpc) is 3.70. The molecule has 2 aliphatic heterocycles. The molecule has 0 amide bonds. The van der Waals surface area contributed by atoms with E-state index >= 15 is 0 Å². The molecule has 4 heteroatoms. The second-order valence-electron chi connectivity index (χ2n) is 28.5. The molecule has 6 aromatic carbocycles. The van der Waals surface area contributed by atoms with Crippen molar-refractivity contribution >= 4 is 78.0 Å². The number of benzene rings is 6. The van der Waals surface area contributed by atoms with Gasteiger partial charge in [0.25, 0.3) is 6.71 Å². The van der Waals surface area contributed by atoms with Crippen LogP contribution in [0.2, 0.25) is 0 Å². The monoisotopic (exact) mass is 981 g/mol. The molecule has 3 aliphatic carbocycles. The molecule has 1 aromatic heterocycles. The van der Waals surface area contributed by atoms with Crippen LogP contribution in [0.5, 0.6) is 0 Å². The SMILES string of the molecule is Cc1cc(C(C)(C)C)ccc1N1c2cc3c(cc2B2c4sc5cc6c(cc5c4N(c4cc5c(cc4-c4ccccc4)C(C)(C)CCC5(C)C)c4cc(C(C)(C)C)cc1c42)C(C)CCC6C)C(C)(C)CCC3(C)C. The molecule has 0 N–H and O–H groups in total. The molecule has 0 spiro atoms. The number of nitrogens with zero attached hydrogens (tertiary/aromatic N) is 2. The largest absolute Gasteiger partial charge is 0.311 e. The van der Waals surface area contributed by atoms with E-state index in [-0.39, 0.29) is 39.2 Å². The molecule has 0 saturated carbocycles. The highest BCUT2D eigenvalue weighted by atomic mass is 32.1. The summed E-state index contributed by atoms with van der Waals surface area (Å²) in [4.78, 5) is 5.58. The quantitative estimate of drug-likeness (QED) is 0.163. The Labute approximate surface area is 444 Å². The number of aryl methyl sites for hydroxylation is 1. The summed E-state index contributed by atoms with van der Waals surface area (Å²) in [7, 11) is 0. The molecule has 0 fully saturated rings. The van der Waals surface area contributed by atoms with E-state index in [2.05, 4.69) is 236 Å². The Morgan fingerprint density at radius 2 is 1.04 bits per heavy atom. The third kappa shape index (κ3) is 7.43. The third-order valence-electron chi connectivity index (χ3n) is 19.4. The van der Waals surface area contributed by atoms with Crippen LogP contribution in [0.25, 0.3) is 21.2 Å². The van der Waals surface area contributed by atoms with Crippen molar-refractivity contribution in [2.45, 2.75) is 201 Å². The van der Waals surface area contributed by atoms with Crippen LogP contribution in [0.15, 0.2) is 97.1 Å². The zero-order valence-corrected chi connectivity index (χ0v) is 48.3. The topological polar surface area (TPSA) is 6.48 Å². The summed E-state index contributed by atoms with van der Waals surface area (Å²) in [6.07, 6.45) is 7.20. The zero-order chi connectivity index (χ0) is 51.9. The van der Waals surface area contributed by atoms with Crippen LogP contribution in [-0.2, 0) is 32.5 Å². The van der Waals surface area contributed by atoms with Crippen LogP contribution in [0, 0.1) is 6.92 Å². The van der Waals surface area contributed by atoms with Gasteiger partial charge in [0.1, 0.15) is 0 Å². The van der Waals surface area contributed by atoms with E-state index in [0.717, 1.165) is 0 Å². The summed E-state index contributed by atoms with van der Waals surface area (Å²) < 4.78 is 2.91. The fourth-order valence-corrected chi connectivity index (χ4v) is 15.6. The first-order valence-corrected chi connectivity index (χ1v) is 28.9. The molecule has 7 aromatic rings. The Morgan fingerprint density at radius 1 is 0.521 bits per heavy atom. The van der Waals surface area contributed by atoms with Gasteiger partial charge in [-0.05, 0) is 205 Å². The fourth-order valence-electron chi connectivity index (χ4n) is 14.2. The van der Waals surface area contributed by atoms with E-state index in [1.165, 1.54) is 149 Å². The predicted molar refractivity (Wildman–Crippen MR) is 320 cm³/mol. The molecule has 0 radical (unpaired) electrons. The van der Waals surface area contributed by atoms with Crippen LogP contribution in [-0.4, -0.2) is 6.71 Å². The molecule has 2 atom stereocenters. The summed E-state index contributed by atoms with van der Waals surface area (Å²) >= 11 is 2.10. The van der Waals surface area contributed by atoms with Crippen LogP contribution in [0.4, 0.5) is 34.1 Å². The van der Waals surface area contributed by atoms with Gasteiger partial charge in [-0.1, -0.05) is 159 Å². The maximum absolute atomic E-state index is 2.84. The molecule has 5 aliphatic rings. The Morgan fingerprint density at radius 3 is 1.60 bits per heavy atom. The van der Waals surface area contributed by atoms with Gasteiger partial charge in [-0.3, -0.25) is 0 Å². The number of rotatable bonds is 3. The summed E-state index contributed by atoms with van der Waals surface area (Å²) in [6, 6.07) is 40.1. The van der Waals surface area contributed by atoms with E-state index in [1.807, 2.05) is 0 Å². The van der Waals surface area contributed by atoms with Gasteiger partial charge in [0.15, 0.2) is 0 Å². The molecular formula is C69H81BN2S. The van der Waals surface area contributed by atoms with Gasteiger partial charge in [0.2, 0.25) is 0 Å². The molecule has 73 heavy (non-hydrogen) atoms. The van der Waals surface area contributed by atoms with Crippen molar-refractivity contribution in [3.8, 4) is 11.1 Å². The van der Waals surface area contributed by atoms with Crippen molar-refractivity contribution in [3.63, 3.8) is 0 Å². The van der Waals surface area contributed by atoms with Crippen molar-refractivity contribution in [2.75, 3.05) is 9.80 Å². The van der Waals surface area contributed by atoms with Gasteiger partial charge < -0.3 is 9.80 Å². The Balaban J connectivity index is 1.28. The maximum atomic E-state index is 2.84. The van der Waals surface area contributed by atoms with Crippen molar-refractivity contribution in [1.82, 2.24) is 0 Å². The predicted octanol–water partition coefficient (Wildman–Crippen LogP) is 18.3. The third-order valence-corrected chi connectivity index (χ3v) is 20.6. The lowest BCUT2D eigenvalue weighted by Crippen LogP contribution is -2.61. The molecule has 376 valence electrons. The smallest absolute Gasteiger partial charge is 0.264 e. The van der Waals surface area contributed by atoms with Gasteiger partial charge in [0, 0.05) is 43.2 Å². The van der Waals surface area contributed by atoms with Crippen molar-refractivity contribution < 1.29 is 0 Å². The lowest BCUT2D eigenvalue weighted by molar-refractivity contribution is 0.332. The summed E-state index contributed by atoms with van der Waals surface area (Å²) in [5, 5.41) is 1.42. The van der Waals surface area contributed by atoms with E-state index in [9.17, 15) is 0 Å². The molecule has 2 unspecified atom stereocenters. The second-order valence-corrected chi connectivity index (χ2v) is 29.6. The minimum Gasteiger partial charge on any atom is -0.311 e. The number of hydrogen-bond acceptors (Lipinski definition) is 3. The number of fused-ring (bicyclic) bond motifs is 9. The normalized spacial score (nSPS) is 21.0. The van der Waals surface area contributed by atoms with E-state index < -0.39 is 0 Å².